The molecule has 3 heterocycles. The second kappa shape index (κ2) is 9.88. The predicted molar refractivity (Wildman–Crippen MR) is 128 cm³/mol. The third kappa shape index (κ3) is 5.49. The van der Waals surface area contributed by atoms with Crippen LogP contribution in [0.4, 0.5) is 0 Å². The normalized spacial score (nSPS) is 15.6. The van der Waals surface area contributed by atoms with E-state index in [0.717, 1.165) is 60.0 Å². The van der Waals surface area contributed by atoms with Crippen LogP contribution in [0, 0.1) is 5.92 Å². The number of rotatable bonds is 7. The largest absolute Gasteiger partial charge is 0.335 e. The number of nitrogens with zero attached hydrogens (tertiary/aromatic N) is 4. The number of imidazole rings is 1. The Hall–Kier alpha value is -2.31. The van der Waals surface area contributed by atoms with E-state index in [1.807, 2.05) is 40.9 Å². The number of carbonyl (C=O) groups excluding carboxylic acids is 1. The summed E-state index contributed by atoms with van der Waals surface area (Å²) >= 11 is 1.75. The Morgan fingerprint density at radius 2 is 1.90 bits per heavy atom. The van der Waals surface area contributed by atoms with Gasteiger partial charge >= 0.3 is 0 Å². The lowest BCUT2D eigenvalue weighted by molar-refractivity contribution is 0.0559. The zero-order valence-electron chi connectivity index (χ0n) is 18.7. The molecule has 4 rings (SSSR count). The molecule has 0 spiro atoms. The second-order valence-electron chi connectivity index (χ2n) is 8.90. The van der Waals surface area contributed by atoms with Gasteiger partial charge in [0.2, 0.25) is 0 Å². The van der Waals surface area contributed by atoms with Crippen molar-refractivity contribution in [1.29, 1.82) is 0 Å². The third-order valence-electron chi connectivity index (χ3n) is 5.85. The minimum absolute atomic E-state index is 0.167. The van der Waals surface area contributed by atoms with E-state index >= 15 is 0 Å². The minimum Gasteiger partial charge on any atom is -0.335 e. The van der Waals surface area contributed by atoms with E-state index in [1.165, 1.54) is 0 Å². The van der Waals surface area contributed by atoms with E-state index in [0.29, 0.717) is 12.0 Å². The number of benzene rings is 1. The van der Waals surface area contributed by atoms with Crippen molar-refractivity contribution in [3.05, 3.63) is 66.1 Å². The molecule has 164 valence electrons. The summed E-state index contributed by atoms with van der Waals surface area (Å²) in [7, 11) is 2.16. The van der Waals surface area contributed by atoms with Crippen LogP contribution in [-0.2, 0) is 5.75 Å². The number of amides is 1. The van der Waals surface area contributed by atoms with E-state index < -0.39 is 0 Å². The number of hydrogen-bond acceptors (Lipinski definition) is 4. The monoisotopic (exact) mass is 436 g/mol. The van der Waals surface area contributed by atoms with Crippen LogP contribution in [-0.4, -0.2) is 57.8 Å². The van der Waals surface area contributed by atoms with Gasteiger partial charge in [0.1, 0.15) is 5.65 Å². The summed E-state index contributed by atoms with van der Waals surface area (Å²) in [5, 5.41) is 0. The van der Waals surface area contributed by atoms with Crippen molar-refractivity contribution in [3.63, 3.8) is 0 Å². The Balaban J connectivity index is 1.40. The Morgan fingerprint density at radius 3 is 2.58 bits per heavy atom. The minimum atomic E-state index is 0.167. The van der Waals surface area contributed by atoms with Crippen molar-refractivity contribution >= 4 is 23.3 Å². The van der Waals surface area contributed by atoms with Crippen molar-refractivity contribution in [3.8, 4) is 0 Å². The quantitative estimate of drug-likeness (QED) is 0.498. The molecule has 0 saturated carbocycles. The Bertz CT molecular complexity index is 973. The van der Waals surface area contributed by atoms with Crippen LogP contribution >= 0.6 is 11.8 Å². The summed E-state index contributed by atoms with van der Waals surface area (Å²) in [5.41, 5.74) is 2.82. The van der Waals surface area contributed by atoms with Gasteiger partial charge in [-0.25, -0.2) is 4.98 Å². The van der Waals surface area contributed by atoms with Gasteiger partial charge < -0.3 is 14.2 Å². The van der Waals surface area contributed by atoms with Crippen LogP contribution in [0.1, 0.15) is 42.7 Å². The van der Waals surface area contributed by atoms with Gasteiger partial charge in [-0.3, -0.25) is 4.79 Å². The van der Waals surface area contributed by atoms with Crippen molar-refractivity contribution in [2.24, 2.45) is 5.92 Å². The second-order valence-corrected chi connectivity index (χ2v) is 9.95. The van der Waals surface area contributed by atoms with Gasteiger partial charge in [0, 0.05) is 41.2 Å². The molecule has 6 heteroatoms. The molecule has 1 aliphatic rings. The fourth-order valence-corrected chi connectivity index (χ4v) is 4.95. The first kappa shape index (κ1) is 21.9. The molecule has 1 amide bonds. The molecule has 31 heavy (non-hydrogen) atoms. The molecule has 0 aliphatic carbocycles. The summed E-state index contributed by atoms with van der Waals surface area (Å²) in [6.45, 7) is 7.32. The summed E-state index contributed by atoms with van der Waals surface area (Å²) in [4.78, 5) is 23.6. The molecule has 5 nitrogen and oxygen atoms in total. The SMILES string of the molecule is CC(C)CN(C(=O)c1ccc(SCc2cn3ccccc3n2)cc1)C1CCN(C)CC1. The molecule has 3 aromatic rings. The molecule has 0 unspecified atom stereocenters. The van der Waals surface area contributed by atoms with Crippen LogP contribution in [0.25, 0.3) is 5.65 Å². The van der Waals surface area contributed by atoms with Gasteiger partial charge in [0.05, 0.1) is 5.69 Å². The zero-order valence-corrected chi connectivity index (χ0v) is 19.5. The average molecular weight is 437 g/mol. The van der Waals surface area contributed by atoms with Crippen LogP contribution in [0.5, 0.6) is 0 Å². The van der Waals surface area contributed by atoms with E-state index in [2.05, 4.69) is 54.0 Å². The fourth-order valence-electron chi connectivity index (χ4n) is 4.17. The van der Waals surface area contributed by atoms with Crippen LogP contribution in [0.2, 0.25) is 0 Å². The Labute approximate surface area is 189 Å². The maximum Gasteiger partial charge on any atom is 0.254 e. The predicted octanol–water partition coefficient (Wildman–Crippen LogP) is 4.82. The van der Waals surface area contributed by atoms with Gasteiger partial charge in [0.25, 0.3) is 5.91 Å². The van der Waals surface area contributed by atoms with E-state index in [4.69, 9.17) is 0 Å². The van der Waals surface area contributed by atoms with Gasteiger partial charge in [-0.05, 0) is 75.3 Å². The van der Waals surface area contributed by atoms with Crippen molar-refractivity contribution in [2.75, 3.05) is 26.7 Å². The standard InChI is InChI=1S/C25H32N4OS/c1-19(2)16-29(22-11-14-27(3)15-12-22)25(30)20-7-9-23(10-8-20)31-18-21-17-28-13-5-4-6-24(28)26-21/h4-10,13,17,19,22H,11-12,14-16,18H2,1-3H3. The smallest absolute Gasteiger partial charge is 0.254 e. The number of carbonyl (C=O) groups is 1. The van der Waals surface area contributed by atoms with Crippen molar-refractivity contribution in [2.45, 2.75) is 43.4 Å². The van der Waals surface area contributed by atoms with Crippen LogP contribution < -0.4 is 0 Å². The van der Waals surface area contributed by atoms with Crippen LogP contribution in [0.15, 0.2) is 59.8 Å². The highest BCUT2D eigenvalue weighted by Gasteiger charge is 2.28. The molecule has 1 saturated heterocycles. The first-order chi connectivity index (χ1) is 15.0. The molecule has 1 fully saturated rings. The zero-order chi connectivity index (χ0) is 21.8. The van der Waals surface area contributed by atoms with Gasteiger partial charge in [-0.1, -0.05) is 19.9 Å². The summed E-state index contributed by atoms with van der Waals surface area (Å²) < 4.78 is 2.05. The highest BCUT2D eigenvalue weighted by atomic mass is 32.2. The molecule has 0 atom stereocenters. The van der Waals surface area contributed by atoms with Gasteiger partial charge in [0.15, 0.2) is 0 Å². The van der Waals surface area contributed by atoms with Crippen LogP contribution in [0.3, 0.4) is 0 Å². The average Bonchev–Trinajstić information content (AvgIpc) is 3.20. The molecular formula is C25H32N4OS. The Morgan fingerprint density at radius 1 is 1.16 bits per heavy atom. The van der Waals surface area contributed by atoms with Gasteiger partial charge in [-0.15, -0.1) is 11.8 Å². The third-order valence-corrected chi connectivity index (χ3v) is 6.90. The number of aromatic nitrogens is 2. The van der Waals surface area contributed by atoms with E-state index in [9.17, 15) is 4.79 Å². The first-order valence-corrected chi connectivity index (χ1v) is 12.1. The maximum absolute atomic E-state index is 13.3. The fraction of sp³-hybridized carbons (Fsp3) is 0.440. The van der Waals surface area contributed by atoms with Gasteiger partial charge in [-0.2, -0.15) is 0 Å². The van der Waals surface area contributed by atoms with E-state index in [-0.39, 0.29) is 5.91 Å². The molecule has 0 bridgehead atoms. The van der Waals surface area contributed by atoms with Crippen molar-refractivity contribution in [1.82, 2.24) is 19.2 Å². The number of thioether (sulfide) groups is 1. The number of likely N-dealkylation sites (tertiary alicyclic amines) is 1. The lowest BCUT2D eigenvalue weighted by Gasteiger charge is -2.38. The summed E-state index contributed by atoms with van der Waals surface area (Å²) in [6, 6.07) is 14.5. The molecule has 0 N–H and O–H groups in total. The summed E-state index contributed by atoms with van der Waals surface area (Å²) in [5.74, 6) is 1.44. The maximum atomic E-state index is 13.3. The molecule has 1 aromatic carbocycles. The number of fused-ring (bicyclic) bond motifs is 1. The highest BCUT2D eigenvalue weighted by molar-refractivity contribution is 7.98. The van der Waals surface area contributed by atoms with Crippen molar-refractivity contribution < 1.29 is 4.79 Å². The lowest BCUT2D eigenvalue weighted by atomic mass is 10.0. The lowest BCUT2D eigenvalue weighted by Crippen LogP contribution is -2.47. The molecular weight excluding hydrogens is 404 g/mol. The number of hydrogen-bond donors (Lipinski definition) is 0. The highest BCUT2D eigenvalue weighted by Crippen LogP contribution is 2.25. The molecule has 0 radical (unpaired) electrons. The number of piperidine rings is 1. The first-order valence-electron chi connectivity index (χ1n) is 11.1. The molecule has 1 aliphatic heterocycles. The van der Waals surface area contributed by atoms with E-state index in [1.54, 1.807) is 11.8 Å². The topological polar surface area (TPSA) is 40.9 Å². The summed E-state index contributed by atoms with van der Waals surface area (Å²) in [6.07, 6.45) is 6.21. The number of pyridine rings is 1. The molecule has 2 aromatic heterocycles. The Kier molecular flexibility index (Phi) is 6.98.